The van der Waals surface area contributed by atoms with Gasteiger partial charge in [0.25, 0.3) is 0 Å². The van der Waals surface area contributed by atoms with Crippen molar-refractivity contribution in [2.45, 2.75) is 57.0 Å². The van der Waals surface area contributed by atoms with E-state index in [1.54, 1.807) is 0 Å². The second-order valence-electron chi connectivity index (χ2n) is 8.60. The summed E-state index contributed by atoms with van der Waals surface area (Å²) in [7, 11) is -0.149. The first-order valence-corrected chi connectivity index (χ1v) is 11.7. The first-order valence-electron chi connectivity index (χ1n) is 8.84. The van der Waals surface area contributed by atoms with Crippen molar-refractivity contribution in [3.8, 4) is 0 Å². The highest BCUT2D eigenvalue weighted by molar-refractivity contribution is 6.74. The summed E-state index contributed by atoms with van der Waals surface area (Å²) in [5.41, 5.74) is 0.951. The van der Waals surface area contributed by atoms with Gasteiger partial charge in [0, 0.05) is 0 Å². The number of likely N-dealkylation sites (N-methyl/N-ethyl adjacent to an activating group) is 1. The van der Waals surface area contributed by atoms with Crippen LogP contribution < -0.4 is 0 Å². The summed E-state index contributed by atoms with van der Waals surface area (Å²) in [5, 5.41) is 0.0790. The minimum absolute atomic E-state index is 0.0790. The molecular weight excluding hydrogens is 332 g/mol. The number of carbonyl (C=O) groups is 2. The SMILES string of the molecule is CN1C2C(=O)N([C@H](CO[Si](C)(C)C(C)(C)C)c3ccccc3)C(=O)C21. The lowest BCUT2D eigenvalue weighted by Crippen LogP contribution is -2.46. The first kappa shape index (κ1) is 18.3. The number of nitrogens with zero attached hydrogens (tertiary/aromatic N) is 2. The zero-order chi connectivity index (χ0) is 18.6. The second-order valence-corrected chi connectivity index (χ2v) is 13.4. The van der Waals surface area contributed by atoms with Crippen molar-refractivity contribution >= 4 is 20.1 Å². The van der Waals surface area contributed by atoms with Crippen LogP contribution in [0.5, 0.6) is 0 Å². The third kappa shape index (κ3) is 3.07. The number of carbonyl (C=O) groups excluding carboxylic acids is 2. The summed E-state index contributed by atoms with van der Waals surface area (Å²) in [6.45, 7) is 11.3. The second kappa shape index (κ2) is 6.04. The summed E-state index contributed by atoms with van der Waals surface area (Å²) in [6.07, 6.45) is 0. The molecule has 136 valence electrons. The van der Waals surface area contributed by atoms with Gasteiger partial charge in [-0.15, -0.1) is 0 Å². The van der Waals surface area contributed by atoms with Gasteiger partial charge >= 0.3 is 0 Å². The number of fused-ring (bicyclic) bond motifs is 1. The Morgan fingerprint density at radius 2 is 1.60 bits per heavy atom. The van der Waals surface area contributed by atoms with E-state index in [-0.39, 0.29) is 35.0 Å². The van der Waals surface area contributed by atoms with Crippen molar-refractivity contribution in [3.63, 3.8) is 0 Å². The maximum atomic E-state index is 12.7. The van der Waals surface area contributed by atoms with Gasteiger partial charge in [-0.1, -0.05) is 51.1 Å². The molecule has 1 aromatic rings. The smallest absolute Gasteiger partial charge is 0.249 e. The van der Waals surface area contributed by atoms with Crippen LogP contribution in [0.15, 0.2) is 30.3 Å². The number of rotatable bonds is 5. The molecule has 2 aliphatic rings. The average molecular weight is 361 g/mol. The number of benzene rings is 1. The van der Waals surface area contributed by atoms with E-state index in [0.717, 1.165) is 5.56 Å². The van der Waals surface area contributed by atoms with E-state index in [1.165, 1.54) is 4.90 Å². The Kier molecular flexibility index (Phi) is 4.42. The average Bonchev–Trinajstić information content (AvgIpc) is 3.13. The van der Waals surface area contributed by atoms with Crippen molar-refractivity contribution in [3.05, 3.63) is 35.9 Å². The first-order chi connectivity index (χ1) is 11.6. The number of hydrogen-bond acceptors (Lipinski definition) is 4. The summed E-state index contributed by atoms with van der Waals surface area (Å²) in [6, 6.07) is 8.85. The Hall–Kier alpha value is -1.50. The minimum Gasteiger partial charge on any atom is -0.414 e. The van der Waals surface area contributed by atoms with E-state index in [1.807, 2.05) is 42.3 Å². The maximum absolute atomic E-state index is 12.7. The molecular formula is C19H28N2O3Si. The highest BCUT2D eigenvalue weighted by atomic mass is 28.4. The predicted octanol–water partition coefficient (Wildman–Crippen LogP) is 2.80. The van der Waals surface area contributed by atoms with Gasteiger partial charge in [-0.05, 0) is 30.7 Å². The normalized spacial score (nSPS) is 27.4. The molecule has 0 aliphatic carbocycles. The molecule has 0 radical (unpaired) electrons. The van der Waals surface area contributed by atoms with Gasteiger partial charge in [-0.25, -0.2) is 0 Å². The van der Waals surface area contributed by atoms with Gasteiger partial charge in [-0.2, -0.15) is 0 Å². The third-order valence-electron chi connectivity index (χ3n) is 5.97. The summed E-state index contributed by atoms with van der Waals surface area (Å²) < 4.78 is 6.38. The highest BCUT2D eigenvalue weighted by Crippen LogP contribution is 2.42. The Bertz CT molecular complexity index is 662. The molecule has 2 heterocycles. The van der Waals surface area contributed by atoms with Crippen molar-refractivity contribution in [1.29, 1.82) is 0 Å². The van der Waals surface area contributed by atoms with Crippen molar-refractivity contribution in [1.82, 2.24) is 9.80 Å². The van der Waals surface area contributed by atoms with Crippen LogP contribution in [0, 0.1) is 0 Å². The molecule has 0 spiro atoms. The molecule has 3 rings (SSSR count). The Morgan fingerprint density at radius 3 is 2.08 bits per heavy atom. The molecule has 0 saturated carbocycles. The topological polar surface area (TPSA) is 49.6 Å². The Balaban J connectivity index is 1.85. The molecule has 0 bridgehead atoms. The zero-order valence-corrected chi connectivity index (χ0v) is 16.9. The number of piperazine rings is 1. The minimum atomic E-state index is -1.97. The molecule has 2 saturated heterocycles. The van der Waals surface area contributed by atoms with Crippen molar-refractivity contribution in [2.75, 3.05) is 13.7 Å². The van der Waals surface area contributed by atoms with Gasteiger partial charge in [0.2, 0.25) is 11.8 Å². The predicted molar refractivity (Wildman–Crippen MR) is 99.5 cm³/mol. The van der Waals surface area contributed by atoms with E-state index in [2.05, 4.69) is 33.9 Å². The quantitative estimate of drug-likeness (QED) is 0.460. The van der Waals surface area contributed by atoms with Gasteiger partial charge in [0.1, 0.15) is 12.1 Å². The van der Waals surface area contributed by atoms with Gasteiger partial charge in [0.05, 0.1) is 12.6 Å². The van der Waals surface area contributed by atoms with Crippen LogP contribution in [0.4, 0.5) is 0 Å². The molecule has 0 N–H and O–H groups in total. The maximum Gasteiger partial charge on any atom is 0.249 e. The molecule has 3 atom stereocenters. The lowest BCUT2D eigenvalue weighted by molar-refractivity contribution is -0.146. The molecule has 2 amide bonds. The van der Waals surface area contributed by atoms with E-state index in [9.17, 15) is 9.59 Å². The van der Waals surface area contributed by atoms with Crippen LogP contribution in [0.1, 0.15) is 32.4 Å². The summed E-state index contributed by atoms with van der Waals surface area (Å²) >= 11 is 0. The standard InChI is InChI=1S/C19H28N2O3Si/c1-19(2,3)25(5,6)24-12-14(13-10-8-7-9-11-13)21-17(22)15-16(18(21)23)20(15)4/h7-11,14-16H,12H2,1-6H3/t14-,15?,16?,20?/m1/s1. The number of likely N-dealkylation sites (tertiary alicyclic amines) is 1. The van der Waals surface area contributed by atoms with Crippen LogP contribution in [0.3, 0.4) is 0 Å². The van der Waals surface area contributed by atoms with E-state index < -0.39 is 8.32 Å². The van der Waals surface area contributed by atoms with E-state index in [4.69, 9.17) is 4.43 Å². The number of imide groups is 1. The molecule has 6 heteroatoms. The van der Waals surface area contributed by atoms with E-state index >= 15 is 0 Å². The lowest BCUT2D eigenvalue weighted by atomic mass is 10.1. The summed E-state index contributed by atoms with van der Waals surface area (Å²) in [4.78, 5) is 28.7. The third-order valence-corrected chi connectivity index (χ3v) is 10.5. The molecule has 5 nitrogen and oxygen atoms in total. The van der Waals surface area contributed by atoms with Crippen LogP contribution >= 0.6 is 0 Å². The number of amides is 2. The molecule has 2 unspecified atom stereocenters. The lowest BCUT2D eigenvalue weighted by Gasteiger charge is -2.38. The fourth-order valence-electron chi connectivity index (χ4n) is 3.16. The molecule has 1 aromatic carbocycles. The Morgan fingerprint density at radius 1 is 1.08 bits per heavy atom. The summed E-state index contributed by atoms with van der Waals surface area (Å²) in [5.74, 6) is -0.185. The van der Waals surface area contributed by atoms with E-state index in [0.29, 0.717) is 6.61 Å². The molecule has 2 aliphatic heterocycles. The molecule has 0 aromatic heterocycles. The van der Waals surface area contributed by atoms with Crippen LogP contribution in [-0.2, 0) is 14.0 Å². The monoisotopic (exact) mass is 360 g/mol. The van der Waals surface area contributed by atoms with Gasteiger partial charge < -0.3 is 4.43 Å². The van der Waals surface area contributed by atoms with Crippen molar-refractivity contribution < 1.29 is 14.0 Å². The largest absolute Gasteiger partial charge is 0.414 e. The Labute approximate surface area is 151 Å². The molecule has 2 fully saturated rings. The molecule has 25 heavy (non-hydrogen) atoms. The number of hydrogen-bond donors (Lipinski definition) is 0. The van der Waals surface area contributed by atoms with Crippen LogP contribution in [-0.4, -0.2) is 55.7 Å². The van der Waals surface area contributed by atoms with Crippen LogP contribution in [0.25, 0.3) is 0 Å². The fourth-order valence-corrected chi connectivity index (χ4v) is 4.16. The fraction of sp³-hybridized carbons (Fsp3) is 0.579. The van der Waals surface area contributed by atoms with Crippen molar-refractivity contribution in [2.24, 2.45) is 0 Å². The van der Waals surface area contributed by atoms with Gasteiger partial charge in [0.15, 0.2) is 8.32 Å². The van der Waals surface area contributed by atoms with Gasteiger partial charge in [-0.3, -0.25) is 19.4 Å². The highest BCUT2D eigenvalue weighted by Gasteiger charge is 2.65. The zero-order valence-electron chi connectivity index (χ0n) is 15.9. The van der Waals surface area contributed by atoms with Crippen LogP contribution in [0.2, 0.25) is 18.1 Å².